The summed E-state index contributed by atoms with van der Waals surface area (Å²) in [6.07, 6.45) is 24.8. The first kappa shape index (κ1) is 18.7. The van der Waals surface area contributed by atoms with Gasteiger partial charge in [0.1, 0.15) is 0 Å². The van der Waals surface area contributed by atoms with Crippen molar-refractivity contribution in [3.8, 4) is 0 Å². The lowest BCUT2D eigenvalue weighted by atomic mass is 10.0. The Morgan fingerprint density at radius 3 is 1.32 bits per heavy atom. The molecule has 2 radical (unpaired) electrons. The molecule has 0 N–H and O–H groups in total. The molecule has 0 amide bonds. The molecule has 0 aliphatic rings. The molecule has 0 heteroatoms. The molecule has 19 heavy (non-hydrogen) atoms. The van der Waals surface area contributed by atoms with Crippen LogP contribution in [0.15, 0.2) is 12.2 Å². The van der Waals surface area contributed by atoms with Crippen LogP contribution in [0.25, 0.3) is 0 Å². The Labute approximate surface area is 123 Å². The molecule has 0 aromatic carbocycles. The zero-order valence-electron chi connectivity index (χ0n) is 13.2. The third-order valence-corrected chi connectivity index (χ3v) is 3.66. The Morgan fingerprint density at radius 1 is 0.421 bits per heavy atom. The van der Waals surface area contributed by atoms with E-state index in [0.717, 1.165) is 19.3 Å². The first-order valence-corrected chi connectivity index (χ1v) is 8.65. The predicted molar refractivity (Wildman–Crippen MR) is 89.1 cm³/mol. The minimum absolute atomic E-state index is 1.03. The van der Waals surface area contributed by atoms with E-state index in [2.05, 4.69) is 26.0 Å². The minimum atomic E-state index is 1.03. The fraction of sp³-hybridized carbons (Fsp3) is 0.789. The summed E-state index contributed by atoms with van der Waals surface area (Å²) in [6.45, 7) is 7.72. The maximum atomic E-state index is 3.88. The lowest BCUT2D eigenvalue weighted by Gasteiger charge is -2.02. The maximum absolute atomic E-state index is 3.88. The van der Waals surface area contributed by atoms with E-state index < -0.39 is 0 Å². The SMILES string of the molecule is [CH2]CCC=CCCCCCCCCCCCCC[CH2]. The molecule has 0 spiro atoms. The predicted octanol–water partition coefficient (Wildman–Crippen LogP) is 7.06. The molecule has 0 fully saturated rings. The van der Waals surface area contributed by atoms with Gasteiger partial charge in [-0.3, -0.25) is 0 Å². The van der Waals surface area contributed by atoms with Gasteiger partial charge in [-0.2, -0.15) is 0 Å². The van der Waals surface area contributed by atoms with Crippen LogP contribution in [0.4, 0.5) is 0 Å². The Kier molecular flexibility index (Phi) is 17.5. The van der Waals surface area contributed by atoms with E-state index >= 15 is 0 Å². The van der Waals surface area contributed by atoms with Gasteiger partial charge in [-0.05, 0) is 25.7 Å². The topological polar surface area (TPSA) is 0 Å². The molecule has 0 saturated heterocycles. The first-order valence-electron chi connectivity index (χ1n) is 8.65. The van der Waals surface area contributed by atoms with Crippen molar-refractivity contribution in [3.63, 3.8) is 0 Å². The Morgan fingerprint density at radius 2 is 0.842 bits per heavy atom. The van der Waals surface area contributed by atoms with Crippen LogP contribution < -0.4 is 0 Å². The molecular weight excluding hydrogens is 228 g/mol. The third-order valence-electron chi connectivity index (χ3n) is 3.66. The van der Waals surface area contributed by atoms with E-state index in [-0.39, 0.29) is 0 Å². The standard InChI is InChI=1S/C19H36/c1-3-5-7-9-11-13-15-17-19-18-16-14-12-10-8-6-4-2/h7,9H,1-6,8,10-19H2. The molecule has 0 rings (SSSR count). The van der Waals surface area contributed by atoms with Gasteiger partial charge in [0.05, 0.1) is 0 Å². The minimum Gasteiger partial charge on any atom is -0.0885 e. The summed E-state index contributed by atoms with van der Waals surface area (Å²) in [5.41, 5.74) is 0. The normalized spacial score (nSPS) is 11.5. The van der Waals surface area contributed by atoms with Gasteiger partial charge in [-0.1, -0.05) is 96.6 Å². The van der Waals surface area contributed by atoms with E-state index in [9.17, 15) is 0 Å². The van der Waals surface area contributed by atoms with Crippen LogP contribution in [-0.4, -0.2) is 0 Å². The lowest BCUT2D eigenvalue weighted by Crippen LogP contribution is -1.82. The Balaban J connectivity index is 2.95. The highest BCUT2D eigenvalue weighted by atomic mass is 14.0. The Bertz CT molecular complexity index is 169. The van der Waals surface area contributed by atoms with Gasteiger partial charge in [0.2, 0.25) is 0 Å². The molecular formula is C19H36. The van der Waals surface area contributed by atoms with Crippen LogP contribution in [0.3, 0.4) is 0 Å². The molecule has 0 nitrogen and oxygen atoms in total. The summed E-state index contributed by atoms with van der Waals surface area (Å²) < 4.78 is 0. The largest absolute Gasteiger partial charge is 0.0885 e. The molecule has 0 aromatic heterocycles. The van der Waals surface area contributed by atoms with Crippen molar-refractivity contribution in [1.29, 1.82) is 0 Å². The molecule has 0 bridgehead atoms. The quantitative estimate of drug-likeness (QED) is 0.219. The maximum Gasteiger partial charge on any atom is -0.0351 e. The van der Waals surface area contributed by atoms with Crippen LogP contribution in [0.2, 0.25) is 0 Å². The second-order valence-electron chi connectivity index (χ2n) is 5.64. The van der Waals surface area contributed by atoms with Gasteiger partial charge in [0.15, 0.2) is 0 Å². The first-order chi connectivity index (χ1) is 9.41. The summed E-state index contributed by atoms with van der Waals surface area (Å²) in [5, 5.41) is 0. The lowest BCUT2D eigenvalue weighted by molar-refractivity contribution is 0.547. The van der Waals surface area contributed by atoms with Crippen molar-refractivity contribution in [2.24, 2.45) is 0 Å². The number of hydrogen-bond acceptors (Lipinski definition) is 0. The summed E-state index contributed by atoms with van der Waals surface area (Å²) >= 11 is 0. The van der Waals surface area contributed by atoms with Crippen molar-refractivity contribution >= 4 is 0 Å². The van der Waals surface area contributed by atoms with Crippen LogP contribution >= 0.6 is 0 Å². The molecule has 0 aliphatic carbocycles. The van der Waals surface area contributed by atoms with Crippen molar-refractivity contribution in [2.75, 3.05) is 0 Å². The van der Waals surface area contributed by atoms with E-state index in [1.807, 2.05) is 0 Å². The number of rotatable bonds is 15. The molecule has 0 unspecified atom stereocenters. The smallest absolute Gasteiger partial charge is 0.0351 e. The second-order valence-corrected chi connectivity index (χ2v) is 5.64. The van der Waals surface area contributed by atoms with Crippen LogP contribution in [0.5, 0.6) is 0 Å². The van der Waals surface area contributed by atoms with Gasteiger partial charge in [-0.25, -0.2) is 0 Å². The highest BCUT2D eigenvalue weighted by Gasteiger charge is 1.92. The monoisotopic (exact) mass is 264 g/mol. The third kappa shape index (κ3) is 17.7. The number of unbranched alkanes of at least 4 members (excludes halogenated alkanes) is 13. The van der Waals surface area contributed by atoms with Gasteiger partial charge in [0.25, 0.3) is 0 Å². The number of allylic oxidation sites excluding steroid dienone is 2. The molecule has 0 atom stereocenters. The zero-order chi connectivity index (χ0) is 14.0. The van der Waals surface area contributed by atoms with E-state index in [1.165, 1.54) is 77.0 Å². The highest BCUT2D eigenvalue weighted by molar-refractivity contribution is 4.81. The molecule has 0 heterocycles. The van der Waals surface area contributed by atoms with Crippen molar-refractivity contribution in [1.82, 2.24) is 0 Å². The van der Waals surface area contributed by atoms with Gasteiger partial charge in [0, 0.05) is 0 Å². The number of hydrogen-bond donors (Lipinski definition) is 0. The second kappa shape index (κ2) is 17.7. The van der Waals surface area contributed by atoms with Crippen LogP contribution in [-0.2, 0) is 0 Å². The van der Waals surface area contributed by atoms with Crippen LogP contribution in [0.1, 0.15) is 96.3 Å². The average molecular weight is 264 g/mol. The summed E-state index contributed by atoms with van der Waals surface area (Å²) in [5.74, 6) is 0. The molecule has 0 aliphatic heterocycles. The van der Waals surface area contributed by atoms with Gasteiger partial charge >= 0.3 is 0 Å². The van der Waals surface area contributed by atoms with E-state index in [1.54, 1.807) is 0 Å². The highest BCUT2D eigenvalue weighted by Crippen LogP contribution is 2.12. The van der Waals surface area contributed by atoms with Gasteiger partial charge < -0.3 is 0 Å². The summed E-state index contributed by atoms with van der Waals surface area (Å²) in [6, 6.07) is 0. The van der Waals surface area contributed by atoms with Gasteiger partial charge in [-0.15, -0.1) is 0 Å². The van der Waals surface area contributed by atoms with E-state index in [4.69, 9.17) is 0 Å². The van der Waals surface area contributed by atoms with Crippen molar-refractivity contribution in [3.05, 3.63) is 26.0 Å². The fourth-order valence-corrected chi connectivity index (χ4v) is 2.38. The van der Waals surface area contributed by atoms with Crippen molar-refractivity contribution < 1.29 is 0 Å². The fourth-order valence-electron chi connectivity index (χ4n) is 2.38. The zero-order valence-corrected chi connectivity index (χ0v) is 13.2. The van der Waals surface area contributed by atoms with Crippen molar-refractivity contribution in [2.45, 2.75) is 96.3 Å². The summed E-state index contributed by atoms with van der Waals surface area (Å²) in [4.78, 5) is 0. The Hall–Kier alpha value is -0.260. The molecule has 0 aromatic rings. The summed E-state index contributed by atoms with van der Waals surface area (Å²) in [7, 11) is 0. The van der Waals surface area contributed by atoms with E-state index in [0.29, 0.717) is 0 Å². The van der Waals surface area contributed by atoms with Crippen LogP contribution in [0, 0.1) is 13.8 Å². The average Bonchev–Trinajstić information content (AvgIpc) is 2.43. The molecule has 112 valence electrons. The molecule has 0 saturated carbocycles.